The fourth-order valence-corrected chi connectivity index (χ4v) is 1.04. The molecule has 0 saturated heterocycles. The predicted molar refractivity (Wildman–Crippen MR) is 60.1 cm³/mol. The minimum absolute atomic E-state index is 0.118. The molecule has 0 aromatic heterocycles. The molecule has 15 heavy (non-hydrogen) atoms. The highest BCUT2D eigenvalue weighted by molar-refractivity contribution is 5.75. The van der Waals surface area contributed by atoms with Crippen molar-refractivity contribution in [1.82, 2.24) is 0 Å². The van der Waals surface area contributed by atoms with Crippen LogP contribution >= 0.6 is 0 Å². The van der Waals surface area contributed by atoms with Crippen LogP contribution in [0.5, 0.6) is 11.5 Å². The van der Waals surface area contributed by atoms with E-state index in [1.165, 1.54) is 19.1 Å². The van der Waals surface area contributed by atoms with Crippen LogP contribution in [0.1, 0.15) is 32.8 Å². The van der Waals surface area contributed by atoms with E-state index in [0.29, 0.717) is 12.8 Å². The van der Waals surface area contributed by atoms with Crippen molar-refractivity contribution in [2.45, 2.75) is 33.6 Å². The fourth-order valence-electron chi connectivity index (χ4n) is 1.04. The summed E-state index contributed by atoms with van der Waals surface area (Å²) in [4.78, 5) is 10.7. The molecule has 1 aromatic rings. The summed E-state index contributed by atoms with van der Waals surface area (Å²) in [6.45, 7) is 5.53. The number of rotatable bonds is 3. The first-order valence-electron chi connectivity index (χ1n) is 5.10. The second kappa shape index (κ2) is 6.87. The number of phenols is 2. The molecule has 0 saturated carbocycles. The summed E-state index contributed by atoms with van der Waals surface area (Å²) in [5.74, 6) is -0.153. The van der Waals surface area contributed by atoms with E-state index in [1.807, 2.05) is 13.8 Å². The van der Waals surface area contributed by atoms with Crippen LogP contribution in [0.15, 0.2) is 18.2 Å². The van der Waals surface area contributed by atoms with Crippen LogP contribution in [0.4, 0.5) is 0 Å². The third-order valence-corrected chi connectivity index (χ3v) is 1.81. The van der Waals surface area contributed by atoms with E-state index in [0.717, 1.165) is 5.56 Å². The molecular formula is C12H18O3. The van der Waals surface area contributed by atoms with Gasteiger partial charge >= 0.3 is 0 Å². The van der Waals surface area contributed by atoms with Gasteiger partial charge in [0.25, 0.3) is 0 Å². The van der Waals surface area contributed by atoms with Crippen LogP contribution in [0.25, 0.3) is 0 Å². The standard InChI is InChI=1S/C10H12O3.C2H6/c1-7(11)2-3-8-4-5-9(12)10(13)6-8;1-2/h4-6,12-13H,2-3H2,1H3;1-2H3. The third-order valence-electron chi connectivity index (χ3n) is 1.81. The molecule has 0 aliphatic rings. The van der Waals surface area contributed by atoms with Crippen molar-refractivity contribution in [2.75, 3.05) is 0 Å². The van der Waals surface area contributed by atoms with Crippen molar-refractivity contribution in [3.05, 3.63) is 23.8 Å². The van der Waals surface area contributed by atoms with Gasteiger partial charge in [-0.25, -0.2) is 0 Å². The number of carbonyl (C=O) groups is 1. The average molecular weight is 210 g/mol. The van der Waals surface area contributed by atoms with E-state index in [2.05, 4.69) is 0 Å². The summed E-state index contributed by atoms with van der Waals surface area (Å²) in [6.07, 6.45) is 1.06. The molecule has 0 aliphatic heterocycles. The molecule has 0 atom stereocenters. The lowest BCUT2D eigenvalue weighted by molar-refractivity contribution is -0.116. The van der Waals surface area contributed by atoms with Gasteiger partial charge in [-0.05, 0) is 31.0 Å². The van der Waals surface area contributed by atoms with E-state index in [1.54, 1.807) is 6.07 Å². The van der Waals surface area contributed by atoms with Gasteiger partial charge in [0.15, 0.2) is 11.5 Å². The van der Waals surface area contributed by atoms with Gasteiger partial charge in [0.1, 0.15) is 5.78 Å². The maximum atomic E-state index is 10.7. The number of ketones is 1. The van der Waals surface area contributed by atoms with Crippen molar-refractivity contribution in [2.24, 2.45) is 0 Å². The number of aromatic hydroxyl groups is 2. The number of phenolic OH excluding ortho intramolecular Hbond substituents is 2. The van der Waals surface area contributed by atoms with Crippen LogP contribution in [0, 0.1) is 0 Å². The first-order valence-corrected chi connectivity index (χ1v) is 5.10. The molecule has 1 aromatic carbocycles. The molecule has 0 aliphatic carbocycles. The Kier molecular flexibility index (Phi) is 6.18. The normalized spacial score (nSPS) is 9.00. The van der Waals surface area contributed by atoms with Gasteiger partial charge in [0.2, 0.25) is 0 Å². The Hall–Kier alpha value is -1.51. The molecule has 0 fully saturated rings. The minimum Gasteiger partial charge on any atom is -0.504 e. The highest BCUT2D eigenvalue weighted by Crippen LogP contribution is 2.25. The molecule has 0 bridgehead atoms. The maximum Gasteiger partial charge on any atom is 0.157 e. The predicted octanol–water partition coefficient (Wildman–Crippen LogP) is 2.65. The largest absolute Gasteiger partial charge is 0.504 e. The van der Waals surface area contributed by atoms with Gasteiger partial charge < -0.3 is 15.0 Å². The number of hydrogen-bond acceptors (Lipinski definition) is 3. The SMILES string of the molecule is CC.CC(=O)CCc1ccc(O)c(O)c1. The van der Waals surface area contributed by atoms with Crippen LogP contribution in [0.2, 0.25) is 0 Å². The molecule has 0 radical (unpaired) electrons. The van der Waals surface area contributed by atoms with Gasteiger partial charge in [-0.1, -0.05) is 19.9 Å². The lowest BCUT2D eigenvalue weighted by Gasteiger charge is -2.01. The summed E-state index contributed by atoms with van der Waals surface area (Å²) < 4.78 is 0. The summed E-state index contributed by atoms with van der Waals surface area (Å²) in [7, 11) is 0. The van der Waals surface area contributed by atoms with Gasteiger partial charge in [-0.2, -0.15) is 0 Å². The van der Waals surface area contributed by atoms with Gasteiger partial charge in [0.05, 0.1) is 0 Å². The Morgan fingerprint density at radius 1 is 1.20 bits per heavy atom. The van der Waals surface area contributed by atoms with E-state index in [-0.39, 0.29) is 17.3 Å². The van der Waals surface area contributed by atoms with Gasteiger partial charge in [0, 0.05) is 6.42 Å². The van der Waals surface area contributed by atoms with E-state index < -0.39 is 0 Å². The summed E-state index contributed by atoms with van der Waals surface area (Å²) in [5, 5.41) is 18.1. The second-order valence-corrected chi connectivity index (χ2v) is 3.03. The Morgan fingerprint density at radius 3 is 2.27 bits per heavy atom. The first kappa shape index (κ1) is 13.5. The van der Waals surface area contributed by atoms with Crippen LogP contribution in [0.3, 0.4) is 0 Å². The summed E-state index contributed by atoms with van der Waals surface area (Å²) in [5.41, 5.74) is 0.852. The zero-order valence-electron chi connectivity index (χ0n) is 9.45. The smallest absolute Gasteiger partial charge is 0.157 e. The van der Waals surface area contributed by atoms with Crippen molar-refractivity contribution < 1.29 is 15.0 Å². The van der Waals surface area contributed by atoms with E-state index >= 15 is 0 Å². The van der Waals surface area contributed by atoms with Crippen LogP contribution in [-0.4, -0.2) is 16.0 Å². The summed E-state index contributed by atoms with van der Waals surface area (Å²) >= 11 is 0. The Bertz CT molecular complexity index is 319. The molecule has 3 heteroatoms. The molecule has 1 rings (SSSR count). The highest BCUT2D eigenvalue weighted by atomic mass is 16.3. The number of aryl methyl sites for hydroxylation is 1. The number of carbonyl (C=O) groups excluding carboxylic acids is 1. The molecule has 0 heterocycles. The first-order chi connectivity index (χ1) is 7.09. The van der Waals surface area contributed by atoms with E-state index in [4.69, 9.17) is 10.2 Å². The van der Waals surface area contributed by atoms with Crippen LogP contribution in [-0.2, 0) is 11.2 Å². The number of benzene rings is 1. The second-order valence-electron chi connectivity index (χ2n) is 3.03. The zero-order chi connectivity index (χ0) is 11.8. The Labute approximate surface area is 90.4 Å². The Morgan fingerprint density at radius 2 is 1.80 bits per heavy atom. The molecule has 0 unspecified atom stereocenters. The molecule has 2 N–H and O–H groups in total. The van der Waals surface area contributed by atoms with E-state index in [9.17, 15) is 4.79 Å². The molecule has 84 valence electrons. The topological polar surface area (TPSA) is 57.5 Å². The van der Waals surface area contributed by atoms with Gasteiger partial charge in [-0.3, -0.25) is 0 Å². The molecular weight excluding hydrogens is 192 g/mol. The lowest BCUT2D eigenvalue weighted by Crippen LogP contribution is -1.93. The third kappa shape index (κ3) is 5.05. The zero-order valence-corrected chi connectivity index (χ0v) is 9.45. The van der Waals surface area contributed by atoms with Crippen LogP contribution < -0.4 is 0 Å². The number of hydrogen-bond donors (Lipinski definition) is 2. The molecule has 0 spiro atoms. The van der Waals surface area contributed by atoms with Crippen molar-refractivity contribution in [3.63, 3.8) is 0 Å². The lowest BCUT2D eigenvalue weighted by atomic mass is 10.1. The van der Waals surface area contributed by atoms with Crippen molar-refractivity contribution in [1.29, 1.82) is 0 Å². The highest BCUT2D eigenvalue weighted by Gasteiger charge is 2.01. The minimum atomic E-state index is -0.138. The quantitative estimate of drug-likeness (QED) is 0.754. The molecule has 3 nitrogen and oxygen atoms in total. The molecule has 0 amide bonds. The van der Waals surface area contributed by atoms with Crippen molar-refractivity contribution >= 4 is 5.78 Å². The summed E-state index contributed by atoms with van der Waals surface area (Å²) in [6, 6.07) is 4.58. The maximum absolute atomic E-state index is 10.7. The fraction of sp³-hybridized carbons (Fsp3) is 0.417. The monoisotopic (exact) mass is 210 g/mol. The van der Waals surface area contributed by atoms with Gasteiger partial charge in [-0.15, -0.1) is 0 Å². The Balaban J connectivity index is 0.000000921. The van der Waals surface area contributed by atoms with Crippen molar-refractivity contribution in [3.8, 4) is 11.5 Å². The average Bonchev–Trinajstić information content (AvgIpc) is 2.23. The number of Topliss-reactive ketones (excluding diaryl/α,β-unsaturated/α-hetero) is 1.